The van der Waals surface area contributed by atoms with Crippen LogP contribution in [0.25, 0.3) is 0 Å². The molecule has 0 atom stereocenters. The molecular weight excluding hydrogens is 396 g/mol. The van der Waals surface area contributed by atoms with Crippen molar-refractivity contribution < 1.29 is 17.9 Å². The van der Waals surface area contributed by atoms with Gasteiger partial charge in [0.05, 0.1) is 13.3 Å². The van der Waals surface area contributed by atoms with Gasteiger partial charge in [0.25, 0.3) is 10.0 Å². The van der Waals surface area contributed by atoms with Gasteiger partial charge in [0.2, 0.25) is 0 Å². The summed E-state index contributed by atoms with van der Waals surface area (Å²) < 4.78 is 35.5. The Hall–Kier alpha value is -2.84. The highest BCUT2D eigenvalue weighted by Crippen LogP contribution is 2.28. The zero-order valence-electron chi connectivity index (χ0n) is 15.5. The first kappa shape index (κ1) is 19.9. The summed E-state index contributed by atoms with van der Waals surface area (Å²) in [5.74, 6) is 1.14. The van der Waals surface area contributed by atoms with Crippen molar-refractivity contribution in [3.8, 4) is 11.5 Å². The van der Waals surface area contributed by atoms with E-state index in [0.29, 0.717) is 23.7 Å². The lowest BCUT2D eigenvalue weighted by Gasteiger charge is -2.11. The number of sulfonamides is 1. The molecule has 0 spiro atoms. The van der Waals surface area contributed by atoms with E-state index in [2.05, 4.69) is 9.93 Å². The molecule has 3 aromatic rings. The molecule has 0 aliphatic rings. The summed E-state index contributed by atoms with van der Waals surface area (Å²) in [7, 11) is -2.09. The first-order chi connectivity index (χ1) is 13.5. The number of benzene rings is 2. The third-order valence-electron chi connectivity index (χ3n) is 3.85. The van der Waals surface area contributed by atoms with Gasteiger partial charge in [-0.1, -0.05) is 35.9 Å². The van der Waals surface area contributed by atoms with Crippen molar-refractivity contribution in [2.45, 2.75) is 17.7 Å². The van der Waals surface area contributed by atoms with Gasteiger partial charge in [-0.05, 0) is 47.7 Å². The van der Waals surface area contributed by atoms with Crippen molar-refractivity contribution >= 4 is 27.6 Å². The Morgan fingerprint density at radius 1 is 1.11 bits per heavy atom. The Bertz CT molecular complexity index is 1040. The lowest BCUT2D eigenvalue weighted by Crippen LogP contribution is -2.17. The minimum absolute atomic E-state index is 0.210. The highest BCUT2D eigenvalue weighted by Gasteiger charge is 2.13. The summed E-state index contributed by atoms with van der Waals surface area (Å²) in [6.45, 7) is 2.46. The quantitative estimate of drug-likeness (QED) is 0.445. The molecule has 0 aliphatic heterocycles. The number of methoxy groups -OCH3 is 1. The van der Waals surface area contributed by atoms with Gasteiger partial charge < -0.3 is 9.47 Å². The fourth-order valence-electron chi connectivity index (χ4n) is 2.36. The highest BCUT2D eigenvalue weighted by atomic mass is 32.2. The van der Waals surface area contributed by atoms with Gasteiger partial charge in [0, 0.05) is 0 Å². The van der Waals surface area contributed by atoms with Crippen molar-refractivity contribution in [3.63, 3.8) is 0 Å². The number of nitrogens with one attached hydrogen (secondary N) is 1. The highest BCUT2D eigenvalue weighted by molar-refractivity contribution is 7.91. The second kappa shape index (κ2) is 8.90. The largest absolute Gasteiger partial charge is 0.493 e. The first-order valence-corrected chi connectivity index (χ1v) is 10.8. The van der Waals surface area contributed by atoms with E-state index in [1.54, 1.807) is 36.8 Å². The molecule has 0 fully saturated rings. The van der Waals surface area contributed by atoms with Gasteiger partial charge in [-0.2, -0.15) is 18.4 Å². The maximum atomic E-state index is 12.0. The zero-order valence-corrected chi connectivity index (χ0v) is 17.1. The molecule has 6 nitrogen and oxygen atoms in total. The van der Waals surface area contributed by atoms with E-state index in [9.17, 15) is 8.42 Å². The maximum absolute atomic E-state index is 12.0. The van der Waals surface area contributed by atoms with Gasteiger partial charge in [0.15, 0.2) is 11.5 Å². The van der Waals surface area contributed by atoms with Gasteiger partial charge >= 0.3 is 0 Å². The Morgan fingerprint density at radius 2 is 1.89 bits per heavy atom. The molecule has 1 heterocycles. The molecule has 1 N–H and O–H groups in total. The van der Waals surface area contributed by atoms with E-state index in [1.165, 1.54) is 17.8 Å². The molecule has 0 amide bonds. The molecule has 0 aliphatic carbocycles. The van der Waals surface area contributed by atoms with Crippen LogP contribution in [0.5, 0.6) is 11.5 Å². The van der Waals surface area contributed by atoms with Crippen LogP contribution in [0.3, 0.4) is 0 Å². The average Bonchev–Trinajstić information content (AvgIpc) is 3.24. The molecule has 146 valence electrons. The van der Waals surface area contributed by atoms with Crippen molar-refractivity contribution in [1.82, 2.24) is 4.83 Å². The Labute approximate surface area is 168 Å². The molecule has 0 saturated heterocycles. The van der Waals surface area contributed by atoms with Crippen molar-refractivity contribution in [1.29, 1.82) is 0 Å². The summed E-state index contributed by atoms with van der Waals surface area (Å²) in [6, 6.07) is 16.6. The number of thiophene rings is 1. The van der Waals surface area contributed by atoms with Gasteiger partial charge in [-0.25, -0.2) is 0 Å². The van der Waals surface area contributed by atoms with Crippen LogP contribution >= 0.6 is 11.3 Å². The van der Waals surface area contributed by atoms with Crippen molar-refractivity contribution in [2.24, 2.45) is 5.10 Å². The second-order valence-corrected chi connectivity index (χ2v) is 8.80. The second-order valence-electron chi connectivity index (χ2n) is 5.97. The predicted molar refractivity (Wildman–Crippen MR) is 111 cm³/mol. The number of hydrazone groups is 1. The van der Waals surface area contributed by atoms with Crippen LogP contribution in [0.1, 0.15) is 16.7 Å². The standard InChI is InChI=1S/C20H20N2O4S2/c1-15-5-7-16(8-6-15)14-26-18-10-9-17(12-19(18)25-2)13-21-22-28(23,24)20-4-3-11-27-20/h3-13,22H,14H2,1-2H3/b21-13+. The van der Waals surface area contributed by atoms with E-state index in [0.717, 1.165) is 16.9 Å². The fraction of sp³-hybridized carbons (Fsp3) is 0.150. The average molecular weight is 417 g/mol. The number of hydrogen-bond donors (Lipinski definition) is 1. The summed E-state index contributed by atoms with van der Waals surface area (Å²) in [5, 5.41) is 5.52. The monoisotopic (exact) mass is 416 g/mol. The molecule has 2 aromatic carbocycles. The number of rotatable bonds is 8. The van der Waals surface area contributed by atoms with Crippen molar-refractivity contribution in [2.75, 3.05) is 7.11 Å². The molecule has 1 aromatic heterocycles. The van der Waals surface area contributed by atoms with Crippen LogP contribution in [0.2, 0.25) is 0 Å². The minimum Gasteiger partial charge on any atom is -0.493 e. The summed E-state index contributed by atoms with van der Waals surface area (Å²) in [5.41, 5.74) is 2.93. The molecule has 3 rings (SSSR count). The van der Waals surface area contributed by atoms with Crippen LogP contribution < -0.4 is 14.3 Å². The van der Waals surface area contributed by atoms with E-state index < -0.39 is 10.0 Å². The number of aryl methyl sites for hydroxylation is 1. The topological polar surface area (TPSA) is 77.0 Å². The smallest absolute Gasteiger partial charge is 0.286 e. The number of hydrogen-bond acceptors (Lipinski definition) is 6. The van der Waals surface area contributed by atoms with Crippen LogP contribution in [0.4, 0.5) is 0 Å². The molecule has 0 bridgehead atoms. The zero-order chi connectivity index (χ0) is 20.0. The van der Waals surface area contributed by atoms with Crippen molar-refractivity contribution in [3.05, 3.63) is 76.7 Å². The van der Waals surface area contributed by atoms with Crippen LogP contribution in [-0.2, 0) is 16.6 Å². The van der Waals surface area contributed by atoms with Gasteiger partial charge in [-0.3, -0.25) is 0 Å². The molecule has 0 unspecified atom stereocenters. The van der Waals surface area contributed by atoms with E-state index in [-0.39, 0.29) is 4.21 Å². The normalized spacial score (nSPS) is 11.5. The summed E-state index contributed by atoms with van der Waals surface area (Å²) in [4.78, 5) is 2.19. The van der Waals surface area contributed by atoms with Gasteiger partial charge in [0.1, 0.15) is 10.8 Å². The first-order valence-electron chi connectivity index (χ1n) is 8.43. The van der Waals surface area contributed by atoms with Crippen LogP contribution in [0.15, 0.2) is 69.3 Å². The van der Waals surface area contributed by atoms with Crippen LogP contribution in [0, 0.1) is 6.92 Å². The lowest BCUT2D eigenvalue weighted by atomic mass is 10.2. The number of nitrogens with zero attached hydrogens (tertiary/aromatic N) is 1. The third kappa shape index (κ3) is 5.11. The molecule has 8 heteroatoms. The molecule has 28 heavy (non-hydrogen) atoms. The van der Waals surface area contributed by atoms with Crippen LogP contribution in [-0.4, -0.2) is 21.7 Å². The maximum Gasteiger partial charge on any atom is 0.286 e. The third-order valence-corrected chi connectivity index (χ3v) is 6.47. The Balaban J connectivity index is 1.66. The Morgan fingerprint density at radius 3 is 2.57 bits per heavy atom. The Kier molecular flexibility index (Phi) is 6.33. The molecule has 0 saturated carbocycles. The van der Waals surface area contributed by atoms with E-state index in [1.807, 2.05) is 31.2 Å². The predicted octanol–water partition coefficient (Wildman–Crippen LogP) is 3.96. The minimum atomic E-state index is -3.64. The summed E-state index contributed by atoms with van der Waals surface area (Å²) in [6.07, 6.45) is 1.41. The van der Waals surface area contributed by atoms with E-state index in [4.69, 9.17) is 9.47 Å². The SMILES string of the molecule is COc1cc(/C=N/NS(=O)(=O)c2cccs2)ccc1OCc1ccc(C)cc1. The molecule has 0 radical (unpaired) electrons. The lowest BCUT2D eigenvalue weighted by molar-refractivity contribution is 0.284. The summed E-state index contributed by atoms with van der Waals surface area (Å²) >= 11 is 1.13. The molecular formula is C20H20N2O4S2. The fourth-order valence-corrected chi connectivity index (χ4v) is 4.13. The number of ether oxygens (including phenoxy) is 2. The van der Waals surface area contributed by atoms with Gasteiger partial charge in [-0.15, -0.1) is 11.3 Å². The van der Waals surface area contributed by atoms with E-state index >= 15 is 0 Å².